The van der Waals surface area contributed by atoms with E-state index in [4.69, 9.17) is 4.74 Å². The summed E-state index contributed by atoms with van der Waals surface area (Å²) in [7, 11) is 1.44. The smallest absolute Gasteiger partial charge is 0.467 e. The minimum absolute atomic E-state index is 0.182. The van der Waals surface area contributed by atoms with Crippen LogP contribution in [0.25, 0.3) is 11.1 Å². The lowest BCUT2D eigenvalue weighted by atomic mass is 10.1. The number of aliphatic hydroxyl groups excluding tert-OH is 1. The number of rotatable bonds is 6. The SMILES string of the molecule is COc1ncc(-c2cc(C(=O)Nc3ccc(OC(F)(F)F)cc3)cnc2N2CCC(O)C2)cn1. The lowest BCUT2D eigenvalue weighted by molar-refractivity contribution is -0.274. The molecule has 0 aliphatic carbocycles. The summed E-state index contributed by atoms with van der Waals surface area (Å²) in [5.41, 5.74) is 1.66. The zero-order valence-electron chi connectivity index (χ0n) is 17.9. The monoisotopic (exact) mass is 475 g/mol. The van der Waals surface area contributed by atoms with Gasteiger partial charge < -0.3 is 24.8 Å². The molecule has 1 fully saturated rings. The number of hydrogen-bond acceptors (Lipinski definition) is 8. The molecule has 0 radical (unpaired) electrons. The van der Waals surface area contributed by atoms with Gasteiger partial charge >= 0.3 is 12.4 Å². The van der Waals surface area contributed by atoms with Gasteiger partial charge in [-0.1, -0.05) is 0 Å². The Morgan fingerprint density at radius 2 is 1.85 bits per heavy atom. The van der Waals surface area contributed by atoms with Crippen LogP contribution in [0.2, 0.25) is 0 Å². The maximum Gasteiger partial charge on any atom is 0.573 e. The number of carbonyl (C=O) groups excluding carboxylic acids is 1. The van der Waals surface area contributed by atoms with Gasteiger partial charge in [0, 0.05) is 48.5 Å². The fourth-order valence-electron chi connectivity index (χ4n) is 3.48. The number of alkyl halides is 3. The molecule has 1 atom stereocenters. The maximum atomic E-state index is 12.8. The molecule has 2 N–H and O–H groups in total. The molecule has 9 nitrogen and oxygen atoms in total. The van der Waals surface area contributed by atoms with E-state index in [2.05, 4.69) is 25.0 Å². The molecule has 3 heterocycles. The Kier molecular flexibility index (Phi) is 6.50. The van der Waals surface area contributed by atoms with E-state index in [1.54, 1.807) is 18.5 Å². The number of pyridine rings is 1. The average Bonchev–Trinajstić information content (AvgIpc) is 3.25. The molecule has 1 saturated heterocycles. The van der Waals surface area contributed by atoms with Gasteiger partial charge in [0.15, 0.2) is 0 Å². The van der Waals surface area contributed by atoms with Crippen molar-refractivity contribution in [2.24, 2.45) is 0 Å². The van der Waals surface area contributed by atoms with Crippen LogP contribution in [0, 0.1) is 0 Å². The first-order valence-corrected chi connectivity index (χ1v) is 10.2. The molecule has 1 aromatic carbocycles. The average molecular weight is 475 g/mol. The van der Waals surface area contributed by atoms with Crippen LogP contribution in [0.3, 0.4) is 0 Å². The van der Waals surface area contributed by atoms with Gasteiger partial charge in [-0.25, -0.2) is 15.0 Å². The first-order chi connectivity index (χ1) is 16.2. The molecule has 178 valence electrons. The topological polar surface area (TPSA) is 110 Å². The van der Waals surface area contributed by atoms with Crippen molar-refractivity contribution in [2.45, 2.75) is 18.9 Å². The van der Waals surface area contributed by atoms with Crippen molar-refractivity contribution >= 4 is 17.4 Å². The Bertz CT molecular complexity index is 1160. The molecular formula is C22H20F3N5O4. The second kappa shape index (κ2) is 9.51. The van der Waals surface area contributed by atoms with Crippen LogP contribution in [-0.4, -0.2) is 58.6 Å². The number of benzene rings is 1. The van der Waals surface area contributed by atoms with Crippen molar-refractivity contribution in [3.05, 3.63) is 54.5 Å². The van der Waals surface area contributed by atoms with E-state index in [1.807, 2.05) is 4.90 Å². The summed E-state index contributed by atoms with van der Waals surface area (Å²) in [6.07, 6.45) is -0.208. The minimum atomic E-state index is -4.80. The highest BCUT2D eigenvalue weighted by molar-refractivity contribution is 6.05. The van der Waals surface area contributed by atoms with E-state index in [0.717, 1.165) is 12.1 Å². The molecule has 3 aromatic rings. The number of carbonyl (C=O) groups is 1. The number of nitrogens with one attached hydrogen (secondary N) is 1. The largest absolute Gasteiger partial charge is 0.573 e. The number of aromatic nitrogens is 3. The fraction of sp³-hybridized carbons (Fsp3) is 0.273. The van der Waals surface area contributed by atoms with Gasteiger partial charge in [0.25, 0.3) is 5.91 Å². The van der Waals surface area contributed by atoms with Gasteiger partial charge in [-0.3, -0.25) is 4.79 Å². The molecule has 1 aliphatic heterocycles. The van der Waals surface area contributed by atoms with Crippen molar-refractivity contribution in [2.75, 3.05) is 30.4 Å². The van der Waals surface area contributed by atoms with Crippen LogP contribution in [0.5, 0.6) is 11.8 Å². The normalized spacial score (nSPS) is 15.8. The molecule has 1 amide bonds. The summed E-state index contributed by atoms with van der Waals surface area (Å²) >= 11 is 0. The number of hydrogen-bond donors (Lipinski definition) is 2. The number of nitrogens with zero attached hydrogens (tertiary/aromatic N) is 4. The Balaban J connectivity index is 1.59. The van der Waals surface area contributed by atoms with Crippen LogP contribution in [-0.2, 0) is 0 Å². The maximum absolute atomic E-state index is 12.8. The second-order valence-electron chi connectivity index (χ2n) is 7.47. The summed E-state index contributed by atoms with van der Waals surface area (Å²) in [5, 5.41) is 12.6. The number of ether oxygens (including phenoxy) is 2. The van der Waals surface area contributed by atoms with E-state index in [-0.39, 0.29) is 17.3 Å². The van der Waals surface area contributed by atoms with Crippen molar-refractivity contribution in [3.63, 3.8) is 0 Å². The first kappa shape index (κ1) is 23.2. The zero-order chi connectivity index (χ0) is 24.3. The van der Waals surface area contributed by atoms with Gasteiger partial charge in [0.05, 0.1) is 18.8 Å². The third kappa shape index (κ3) is 5.52. The highest BCUT2D eigenvalue weighted by atomic mass is 19.4. The number of aliphatic hydroxyl groups is 1. The first-order valence-electron chi connectivity index (χ1n) is 10.2. The number of amides is 1. The molecular weight excluding hydrogens is 455 g/mol. The van der Waals surface area contributed by atoms with Gasteiger partial charge in [-0.05, 0) is 36.8 Å². The molecule has 1 unspecified atom stereocenters. The molecule has 0 bridgehead atoms. The van der Waals surface area contributed by atoms with E-state index < -0.39 is 24.1 Å². The fourth-order valence-corrected chi connectivity index (χ4v) is 3.48. The Hall–Kier alpha value is -3.93. The van der Waals surface area contributed by atoms with Crippen molar-refractivity contribution in [3.8, 4) is 22.9 Å². The Morgan fingerprint density at radius 3 is 2.44 bits per heavy atom. The van der Waals surface area contributed by atoms with Crippen LogP contribution < -0.4 is 19.7 Å². The summed E-state index contributed by atoms with van der Waals surface area (Å²) in [5.74, 6) is -0.345. The number of halogens is 3. The summed E-state index contributed by atoms with van der Waals surface area (Å²) in [6.45, 7) is 0.991. The summed E-state index contributed by atoms with van der Waals surface area (Å²) < 4.78 is 45.8. The lowest BCUT2D eigenvalue weighted by Gasteiger charge is -2.21. The number of anilines is 2. The predicted octanol–water partition coefficient (Wildman–Crippen LogP) is 3.27. The van der Waals surface area contributed by atoms with Crippen LogP contribution in [0.15, 0.2) is 48.9 Å². The van der Waals surface area contributed by atoms with Crippen molar-refractivity contribution in [1.82, 2.24) is 15.0 Å². The van der Waals surface area contributed by atoms with Gasteiger partial charge in [0.1, 0.15) is 11.6 Å². The molecule has 4 rings (SSSR count). The zero-order valence-corrected chi connectivity index (χ0v) is 17.9. The second-order valence-corrected chi connectivity index (χ2v) is 7.47. The van der Waals surface area contributed by atoms with Crippen molar-refractivity contribution < 1.29 is 32.5 Å². The Labute approximate surface area is 192 Å². The van der Waals surface area contributed by atoms with Gasteiger partial charge in [-0.2, -0.15) is 0 Å². The van der Waals surface area contributed by atoms with E-state index in [0.29, 0.717) is 36.5 Å². The summed E-state index contributed by atoms with van der Waals surface area (Å²) in [4.78, 5) is 27.4. The quantitative estimate of drug-likeness (QED) is 0.559. The molecule has 2 aromatic heterocycles. The molecule has 0 spiro atoms. The van der Waals surface area contributed by atoms with Crippen LogP contribution >= 0.6 is 0 Å². The lowest BCUT2D eigenvalue weighted by Crippen LogP contribution is -2.23. The van der Waals surface area contributed by atoms with E-state index >= 15 is 0 Å². The van der Waals surface area contributed by atoms with Gasteiger partial charge in [-0.15, -0.1) is 13.2 Å². The molecule has 34 heavy (non-hydrogen) atoms. The summed E-state index contributed by atoms with van der Waals surface area (Å²) in [6, 6.07) is 6.60. The third-order valence-corrected chi connectivity index (χ3v) is 5.06. The predicted molar refractivity (Wildman–Crippen MR) is 116 cm³/mol. The molecule has 0 saturated carbocycles. The number of β-amino-alcohol motifs (C(OH)–C–C–N with tert-alkyl or cyclic N) is 1. The van der Waals surface area contributed by atoms with Crippen LogP contribution in [0.1, 0.15) is 16.8 Å². The number of methoxy groups -OCH3 is 1. The Morgan fingerprint density at radius 1 is 1.15 bits per heavy atom. The third-order valence-electron chi connectivity index (χ3n) is 5.06. The van der Waals surface area contributed by atoms with E-state index in [9.17, 15) is 23.1 Å². The highest BCUT2D eigenvalue weighted by Gasteiger charge is 2.31. The highest BCUT2D eigenvalue weighted by Crippen LogP contribution is 2.32. The van der Waals surface area contributed by atoms with Crippen LogP contribution in [0.4, 0.5) is 24.7 Å². The van der Waals surface area contributed by atoms with Gasteiger partial charge in [0.2, 0.25) is 0 Å². The van der Waals surface area contributed by atoms with E-state index in [1.165, 1.54) is 25.4 Å². The molecule has 12 heteroatoms. The standard InChI is InChI=1S/C22H20F3N5O4/c1-33-21-27-10-14(11-28-21)18-8-13(9-26-19(18)30-7-6-16(31)12-30)20(32)29-15-2-4-17(5-3-15)34-22(23,24)25/h2-5,8-11,16,31H,6-7,12H2,1H3,(H,29,32). The van der Waals surface area contributed by atoms with Crippen molar-refractivity contribution in [1.29, 1.82) is 0 Å². The molecule has 1 aliphatic rings. The minimum Gasteiger partial charge on any atom is -0.467 e.